The fourth-order valence-electron chi connectivity index (χ4n) is 2.80. The standard InChI is InChI=1S/C17H17N5O3/c23-16(18-10-12-4-2-1-3-5-12)14-13-15(22-6-8-24-9-7-22)19-11-20-17(13)25-21-14/h1-5,11H,6-10H2,(H,18,23). The van der Waals surface area contributed by atoms with E-state index in [-0.39, 0.29) is 11.6 Å². The fourth-order valence-corrected chi connectivity index (χ4v) is 2.80. The third-order valence-electron chi connectivity index (χ3n) is 4.07. The summed E-state index contributed by atoms with van der Waals surface area (Å²) in [6.45, 7) is 3.04. The Kier molecular flexibility index (Phi) is 4.26. The number of rotatable bonds is 4. The van der Waals surface area contributed by atoms with Gasteiger partial charge in [0.25, 0.3) is 11.6 Å². The van der Waals surface area contributed by atoms with Gasteiger partial charge in [0.05, 0.1) is 13.2 Å². The molecule has 1 N–H and O–H groups in total. The van der Waals surface area contributed by atoms with Crippen molar-refractivity contribution in [3.63, 3.8) is 0 Å². The Hall–Kier alpha value is -3.00. The maximum Gasteiger partial charge on any atom is 0.274 e. The van der Waals surface area contributed by atoms with Gasteiger partial charge in [-0.3, -0.25) is 4.79 Å². The maximum atomic E-state index is 12.6. The van der Waals surface area contributed by atoms with Crippen LogP contribution in [0.2, 0.25) is 0 Å². The lowest BCUT2D eigenvalue weighted by Crippen LogP contribution is -2.37. The number of nitrogens with zero attached hydrogens (tertiary/aromatic N) is 4. The predicted octanol–water partition coefficient (Wildman–Crippen LogP) is 1.38. The highest BCUT2D eigenvalue weighted by atomic mass is 16.5. The summed E-state index contributed by atoms with van der Waals surface area (Å²) in [5, 5.41) is 7.32. The van der Waals surface area contributed by atoms with Gasteiger partial charge in [-0.1, -0.05) is 35.5 Å². The third kappa shape index (κ3) is 3.16. The van der Waals surface area contributed by atoms with E-state index in [0.717, 1.165) is 5.56 Å². The molecular weight excluding hydrogens is 322 g/mol. The van der Waals surface area contributed by atoms with Crippen molar-refractivity contribution in [2.75, 3.05) is 31.2 Å². The van der Waals surface area contributed by atoms with Gasteiger partial charge in [-0.2, -0.15) is 4.98 Å². The fraction of sp³-hybridized carbons (Fsp3) is 0.294. The van der Waals surface area contributed by atoms with E-state index in [1.54, 1.807) is 0 Å². The van der Waals surface area contributed by atoms with Crippen LogP contribution in [0.1, 0.15) is 16.1 Å². The second-order valence-corrected chi connectivity index (χ2v) is 5.68. The van der Waals surface area contributed by atoms with Gasteiger partial charge in [-0.05, 0) is 5.56 Å². The summed E-state index contributed by atoms with van der Waals surface area (Å²) >= 11 is 0. The van der Waals surface area contributed by atoms with Crippen molar-refractivity contribution in [3.05, 3.63) is 47.9 Å². The number of anilines is 1. The molecule has 128 valence electrons. The molecule has 1 aliphatic heterocycles. The van der Waals surface area contributed by atoms with Crippen LogP contribution in [0.4, 0.5) is 5.82 Å². The molecule has 1 fully saturated rings. The first-order valence-electron chi connectivity index (χ1n) is 8.08. The molecule has 3 heterocycles. The molecule has 8 nitrogen and oxygen atoms in total. The quantitative estimate of drug-likeness (QED) is 0.767. The second kappa shape index (κ2) is 6.86. The largest absolute Gasteiger partial charge is 0.378 e. The van der Waals surface area contributed by atoms with Crippen LogP contribution in [-0.4, -0.2) is 47.3 Å². The molecule has 0 radical (unpaired) electrons. The lowest BCUT2D eigenvalue weighted by Gasteiger charge is -2.27. The normalized spacial score (nSPS) is 14.6. The zero-order valence-corrected chi connectivity index (χ0v) is 13.5. The van der Waals surface area contributed by atoms with Crippen molar-refractivity contribution in [3.8, 4) is 0 Å². The molecule has 2 aromatic heterocycles. The molecule has 1 aliphatic rings. The number of benzene rings is 1. The minimum absolute atomic E-state index is 0.202. The average Bonchev–Trinajstić information content (AvgIpc) is 3.12. The van der Waals surface area contributed by atoms with E-state index in [2.05, 4.69) is 25.3 Å². The molecule has 25 heavy (non-hydrogen) atoms. The monoisotopic (exact) mass is 339 g/mol. The van der Waals surface area contributed by atoms with E-state index >= 15 is 0 Å². The van der Waals surface area contributed by atoms with E-state index in [1.165, 1.54) is 6.33 Å². The number of morpholine rings is 1. The molecule has 3 aromatic rings. The zero-order chi connectivity index (χ0) is 17.1. The number of nitrogens with one attached hydrogen (secondary N) is 1. The minimum Gasteiger partial charge on any atom is -0.378 e. The smallest absolute Gasteiger partial charge is 0.274 e. The minimum atomic E-state index is -0.313. The highest BCUT2D eigenvalue weighted by Gasteiger charge is 2.24. The Morgan fingerprint density at radius 1 is 1.16 bits per heavy atom. The van der Waals surface area contributed by atoms with Crippen LogP contribution in [0, 0.1) is 0 Å². The number of carbonyl (C=O) groups excluding carboxylic acids is 1. The average molecular weight is 339 g/mol. The Bertz CT molecular complexity index is 874. The lowest BCUT2D eigenvalue weighted by atomic mass is 10.2. The first-order chi connectivity index (χ1) is 12.3. The van der Waals surface area contributed by atoms with E-state index in [0.29, 0.717) is 49.8 Å². The van der Waals surface area contributed by atoms with E-state index in [4.69, 9.17) is 9.26 Å². The molecule has 1 aromatic carbocycles. The van der Waals surface area contributed by atoms with Crippen LogP contribution in [0.25, 0.3) is 11.1 Å². The van der Waals surface area contributed by atoms with Crippen molar-refractivity contribution >= 4 is 22.8 Å². The SMILES string of the molecule is O=C(NCc1ccccc1)c1noc2ncnc(N3CCOCC3)c12. The topological polar surface area (TPSA) is 93.4 Å². The summed E-state index contributed by atoms with van der Waals surface area (Å²) in [5.74, 6) is 0.339. The maximum absolute atomic E-state index is 12.6. The molecule has 8 heteroatoms. The van der Waals surface area contributed by atoms with Crippen LogP contribution < -0.4 is 10.2 Å². The molecule has 4 rings (SSSR count). The highest BCUT2D eigenvalue weighted by Crippen LogP contribution is 2.26. The number of amides is 1. The van der Waals surface area contributed by atoms with Gasteiger partial charge in [0.2, 0.25) is 0 Å². The summed E-state index contributed by atoms with van der Waals surface area (Å²) in [6.07, 6.45) is 1.42. The van der Waals surface area contributed by atoms with Crippen molar-refractivity contribution < 1.29 is 14.1 Å². The number of hydrogen-bond donors (Lipinski definition) is 1. The summed E-state index contributed by atoms with van der Waals surface area (Å²) in [5.41, 5.74) is 1.52. The predicted molar refractivity (Wildman–Crippen MR) is 90.2 cm³/mol. The summed E-state index contributed by atoms with van der Waals surface area (Å²) in [4.78, 5) is 23.1. The Morgan fingerprint density at radius 2 is 1.96 bits per heavy atom. The number of fused-ring (bicyclic) bond motifs is 1. The molecule has 1 saturated heterocycles. The van der Waals surface area contributed by atoms with Crippen molar-refractivity contribution in [1.29, 1.82) is 0 Å². The van der Waals surface area contributed by atoms with E-state index in [1.807, 2.05) is 30.3 Å². The number of ether oxygens (including phenoxy) is 1. The van der Waals surface area contributed by atoms with Crippen LogP contribution in [-0.2, 0) is 11.3 Å². The summed E-state index contributed by atoms with van der Waals surface area (Å²) in [6, 6.07) is 9.68. The van der Waals surface area contributed by atoms with Crippen molar-refractivity contribution in [1.82, 2.24) is 20.4 Å². The van der Waals surface area contributed by atoms with Gasteiger partial charge >= 0.3 is 0 Å². The lowest BCUT2D eigenvalue weighted by molar-refractivity contribution is 0.0943. The van der Waals surface area contributed by atoms with Gasteiger partial charge in [0.15, 0.2) is 5.69 Å². The van der Waals surface area contributed by atoms with Gasteiger partial charge < -0.3 is 19.5 Å². The van der Waals surface area contributed by atoms with Crippen molar-refractivity contribution in [2.24, 2.45) is 0 Å². The van der Waals surface area contributed by atoms with Crippen LogP contribution in [0.3, 0.4) is 0 Å². The van der Waals surface area contributed by atoms with Gasteiger partial charge in [0, 0.05) is 19.6 Å². The molecular formula is C17H17N5O3. The third-order valence-corrected chi connectivity index (χ3v) is 4.07. The highest BCUT2D eigenvalue weighted by molar-refractivity contribution is 6.07. The first kappa shape index (κ1) is 15.5. The molecule has 0 aliphatic carbocycles. The molecule has 1 amide bonds. The summed E-state index contributed by atoms with van der Waals surface area (Å²) in [7, 11) is 0. The molecule has 0 bridgehead atoms. The van der Waals surface area contributed by atoms with Crippen LogP contribution in [0.5, 0.6) is 0 Å². The van der Waals surface area contributed by atoms with Crippen molar-refractivity contribution in [2.45, 2.75) is 6.54 Å². The summed E-state index contributed by atoms with van der Waals surface area (Å²) < 4.78 is 10.6. The number of hydrogen-bond acceptors (Lipinski definition) is 7. The Labute approximate surface area is 143 Å². The van der Waals surface area contributed by atoms with Gasteiger partial charge in [-0.15, -0.1) is 0 Å². The zero-order valence-electron chi connectivity index (χ0n) is 13.5. The molecule has 0 saturated carbocycles. The second-order valence-electron chi connectivity index (χ2n) is 5.68. The Morgan fingerprint density at radius 3 is 2.76 bits per heavy atom. The van der Waals surface area contributed by atoms with Gasteiger partial charge in [-0.25, -0.2) is 4.98 Å². The number of carbonyl (C=O) groups is 1. The molecule has 0 atom stereocenters. The van der Waals surface area contributed by atoms with E-state index < -0.39 is 0 Å². The first-order valence-corrected chi connectivity index (χ1v) is 8.08. The van der Waals surface area contributed by atoms with E-state index in [9.17, 15) is 4.79 Å². The van der Waals surface area contributed by atoms with Crippen LogP contribution >= 0.6 is 0 Å². The molecule has 0 unspecified atom stereocenters. The Balaban J connectivity index is 1.61. The van der Waals surface area contributed by atoms with Gasteiger partial charge in [0.1, 0.15) is 17.5 Å². The van der Waals surface area contributed by atoms with Crippen LogP contribution in [0.15, 0.2) is 41.2 Å². The molecule has 0 spiro atoms. The number of aromatic nitrogens is 3.